The Kier molecular flexibility index (Phi) is 5.55. The number of aliphatic imine (C=N–C) groups is 2. The molecule has 0 bridgehead atoms. The molecule has 3 nitrogen and oxygen atoms in total. The fourth-order valence-corrected chi connectivity index (χ4v) is 2.29. The van der Waals surface area contributed by atoms with Crippen LogP contribution < -0.4 is 4.74 Å². The predicted octanol–water partition coefficient (Wildman–Crippen LogP) is 5.70. The molecular formula is C22H18N2O. The number of methoxy groups -OCH3 is 1. The zero-order valence-electron chi connectivity index (χ0n) is 14.0. The van der Waals surface area contributed by atoms with Gasteiger partial charge >= 0.3 is 0 Å². The van der Waals surface area contributed by atoms with Gasteiger partial charge in [-0.3, -0.25) is 0 Å². The number of rotatable bonds is 5. The van der Waals surface area contributed by atoms with E-state index in [1.165, 1.54) is 0 Å². The standard InChI is InChI=1S/C22H18N2O/c1-25-21-14-12-20(13-15-21)23-17-24-22(19-10-6-3-7-11-19)16-18-8-4-2-5-9-18/h2-16H,1H3/b22-16+. The molecule has 0 aliphatic carbocycles. The molecule has 3 heteroatoms. The second-order valence-electron chi connectivity index (χ2n) is 5.33. The predicted molar refractivity (Wildman–Crippen MR) is 103 cm³/mol. The Bertz CT molecular complexity index is 892. The van der Waals surface area contributed by atoms with Crippen LogP contribution in [0.4, 0.5) is 5.69 Å². The van der Waals surface area contributed by atoms with Crippen molar-refractivity contribution in [1.29, 1.82) is 0 Å². The average molecular weight is 326 g/mol. The van der Waals surface area contributed by atoms with Gasteiger partial charge in [0.2, 0.25) is 0 Å². The normalized spacial score (nSPS) is 10.7. The molecule has 0 heterocycles. The molecule has 3 aromatic rings. The topological polar surface area (TPSA) is 34.0 Å². The van der Waals surface area contributed by atoms with Gasteiger partial charge in [-0.15, -0.1) is 0 Å². The van der Waals surface area contributed by atoms with Crippen LogP contribution in [0.3, 0.4) is 0 Å². The third kappa shape index (κ3) is 4.77. The smallest absolute Gasteiger partial charge is 0.119 e. The van der Waals surface area contributed by atoms with Crippen LogP contribution in [0.5, 0.6) is 5.75 Å². The van der Waals surface area contributed by atoms with E-state index in [1.807, 2.05) is 91.0 Å². The Morgan fingerprint density at radius 3 is 2.12 bits per heavy atom. The molecule has 0 saturated heterocycles. The molecule has 0 fully saturated rings. The number of ether oxygens (including phenoxy) is 1. The fraction of sp³-hybridized carbons (Fsp3) is 0.0455. The summed E-state index contributed by atoms with van der Waals surface area (Å²) in [5.41, 5.74) is 3.68. The van der Waals surface area contributed by atoms with Crippen LogP contribution in [0, 0.1) is 0 Å². The number of benzene rings is 3. The van der Waals surface area contributed by atoms with Crippen molar-refractivity contribution in [3.63, 3.8) is 0 Å². The summed E-state index contributed by atoms with van der Waals surface area (Å²) in [4.78, 5) is 8.72. The molecule has 3 aromatic carbocycles. The number of hydrogen-bond acceptors (Lipinski definition) is 3. The molecule has 0 amide bonds. The quantitative estimate of drug-likeness (QED) is 0.437. The lowest BCUT2D eigenvalue weighted by Crippen LogP contribution is -1.81. The van der Waals surface area contributed by atoms with Gasteiger partial charge in [0.1, 0.15) is 11.8 Å². The number of hydrogen-bond donors (Lipinski definition) is 0. The molecule has 122 valence electrons. The van der Waals surface area contributed by atoms with Crippen molar-refractivity contribution in [1.82, 2.24) is 0 Å². The molecule has 3 rings (SSSR count). The summed E-state index contributed by atoms with van der Waals surface area (Å²) >= 11 is 0. The van der Waals surface area contributed by atoms with Gasteiger partial charge in [-0.2, -0.15) is 9.98 Å². The van der Waals surface area contributed by atoms with Crippen LogP contribution in [0.15, 0.2) is 94.9 Å². The first-order chi connectivity index (χ1) is 12.3. The van der Waals surface area contributed by atoms with E-state index in [0.717, 1.165) is 28.3 Å². The van der Waals surface area contributed by atoms with Crippen LogP contribution in [0.1, 0.15) is 11.1 Å². The van der Waals surface area contributed by atoms with Crippen molar-refractivity contribution in [2.24, 2.45) is 9.98 Å². The zero-order valence-corrected chi connectivity index (χ0v) is 14.0. The van der Waals surface area contributed by atoms with Crippen LogP contribution in [-0.2, 0) is 0 Å². The summed E-state index contributed by atoms with van der Waals surface area (Å²) < 4.78 is 5.14. The Hall–Kier alpha value is -3.42. The molecule has 0 unspecified atom stereocenters. The van der Waals surface area contributed by atoms with Gasteiger partial charge in [0.25, 0.3) is 0 Å². The monoisotopic (exact) mass is 326 g/mol. The highest BCUT2D eigenvalue weighted by molar-refractivity contribution is 5.83. The second-order valence-corrected chi connectivity index (χ2v) is 5.33. The molecule has 0 aromatic heterocycles. The summed E-state index contributed by atoms with van der Waals surface area (Å²) in [5, 5.41) is 0. The Balaban J connectivity index is 1.92. The highest BCUT2D eigenvalue weighted by atomic mass is 16.5. The summed E-state index contributed by atoms with van der Waals surface area (Å²) in [6, 6.07) is 30.3. The fourth-order valence-electron chi connectivity index (χ4n) is 2.29. The summed E-state index contributed by atoms with van der Waals surface area (Å²) in [6.45, 7) is 0. The Morgan fingerprint density at radius 2 is 1.48 bits per heavy atom. The highest BCUT2D eigenvalue weighted by Gasteiger charge is 1.99. The average Bonchev–Trinajstić information content (AvgIpc) is 2.69. The van der Waals surface area contributed by atoms with E-state index in [0.29, 0.717) is 0 Å². The van der Waals surface area contributed by atoms with E-state index in [1.54, 1.807) is 7.11 Å². The minimum atomic E-state index is 0.775. The van der Waals surface area contributed by atoms with Crippen molar-refractivity contribution in [2.75, 3.05) is 7.11 Å². The maximum atomic E-state index is 5.14. The molecule has 0 radical (unpaired) electrons. The third-order valence-corrected chi connectivity index (χ3v) is 3.59. The molecule has 0 aliphatic heterocycles. The first-order valence-corrected chi connectivity index (χ1v) is 7.98. The molecular weight excluding hydrogens is 308 g/mol. The van der Waals surface area contributed by atoms with Crippen molar-refractivity contribution in [3.8, 4) is 5.75 Å². The first kappa shape index (κ1) is 16.4. The van der Waals surface area contributed by atoms with E-state index in [2.05, 4.69) is 16.0 Å². The third-order valence-electron chi connectivity index (χ3n) is 3.59. The largest absolute Gasteiger partial charge is 0.497 e. The molecule has 0 aliphatic rings. The minimum Gasteiger partial charge on any atom is -0.497 e. The Morgan fingerprint density at radius 1 is 0.840 bits per heavy atom. The van der Waals surface area contributed by atoms with Crippen molar-refractivity contribution < 1.29 is 4.74 Å². The van der Waals surface area contributed by atoms with Gasteiger partial charge in [-0.05, 0) is 35.9 Å². The van der Waals surface area contributed by atoms with Crippen molar-refractivity contribution in [2.45, 2.75) is 0 Å². The van der Waals surface area contributed by atoms with Crippen LogP contribution in [-0.4, -0.2) is 13.1 Å². The second kappa shape index (κ2) is 8.44. The summed E-state index contributed by atoms with van der Waals surface area (Å²) in [6.07, 6.45) is 2.02. The van der Waals surface area contributed by atoms with Crippen LogP contribution in [0.2, 0.25) is 0 Å². The van der Waals surface area contributed by atoms with Crippen LogP contribution in [0.25, 0.3) is 11.8 Å². The van der Waals surface area contributed by atoms with Crippen LogP contribution >= 0.6 is 0 Å². The molecule has 25 heavy (non-hydrogen) atoms. The van der Waals surface area contributed by atoms with Gasteiger partial charge in [0.15, 0.2) is 0 Å². The lowest BCUT2D eigenvalue weighted by Gasteiger charge is -2.01. The van der Waals surface area contributed by atoms with Crippen molar-refractivity contribution in [3.05, 3.63) is 96.1 Å². The minimum absolute atomic E-state index is 0.775. The molecule has 0 N–H and O–H groups in total. The van der Waals surface area contributed by atoms with Gasteiger partial charge in [0.05, 0.1) is 18.5 Å². The lowest BCUT2D eigenvalue weighted by atomic mass is 10.1. The zero-order chi connectivity index (χ0) is 17.3. The lowest BCUT2D eigenvalue weighted by molar-refractivity contribution is 0.415. The summed E-state index contributed by atoms with van der Waals surface area (Å²) in [7, 11) is 1.64. The van der Waals surface area contributed by atoms with E-state index >= 15 is 0 Å². The van der Waals surface area contributed by atoms with Gasteiger partial charge in [-0.1, -0.05) is 60.7 Å². The SMILES string of the molecule is COc1ccc(N=C=N/C(=C/c2ccccc2)c2ccccc2)cc1. The highest BCUT2D eigenvalue weighted by Crippen LogP contribution is 2.20. The van der Waals surface area contributed by atoms with Gasteiger partial charge in [0, 0.05) is 5.56 Å². The molecule has 0 saturated carbocycles. The number of nitrogens with zero attached hydrogens (tertiary/aromatic N) is 2. The summed E-state index contributed by atoms with van der Waals surface area (Å²) in [5.74, 6) is 0.796. The van der Waals surface area contributed by atoms with Gasteiger partial charge < -0.3 is 4.74 Å². The van der Waals surface area contributed by atoms with E-state index in [9.17, 15) is 0 Å². The Labute approximate surface area is 147 Å². The van der Waals surface area contributed by atoms with E-state index < -0.39 is 0 Å². The van der Waals surface area contributed by atoms with E-state index in [4.69, 9.17) is 4.74 Å². The molecule has 0 spiro atoms. The van der Waals surface area contributed by atoms with Crippen molar-refractivity contribution >= 4 is 23.5 Å². The maximum Gasteiger partial charge on any atom is 0.119 e. The first-order valence-electron chi connectivity index (χ1n) is 7.98. The van der Waals surface area contributed by atoms with E-state index in [-0.39, 0.29) is 0 Å². The maximum absolute atomic E-state index is 5.14. The molecule has 0 atom stereocenters. The van der Waals surface area contributed by atoms with Gasteiger partial charge in [-0.25, -0.2) is 0 Å².